The SMILES string of the molecule is COc1ccc(NC(=O)N(C)C[C@@H]2Oc3c(NC(=O)NC4CCCCC4)cccc3C(=O)N([C@H](C)CO)C[C@H]2C)cc1. The molecule has 5 amide bonds. The van der Waals surface area contributed by atoms with Crippen molar-refractivity contribution in [1.29, 1.82) is 0 Å². The van der Waals surface area contributed by atoms with Crippen LogP contribution in [0.3, 0.4) is 0 Å². The van der Waals surface area contributed by atoms with E-state index >= 15 is 0 Å². The number of aliphatic hydroxyl groups excluding tert-OH is 1. The lowest BCUT2D eigenvalue weighted by atomic mass is 9.96. The zero-order valence-electron chi connectivity index (χ0n) is 24.9. The van der Waals surface area contributed by atoms with Gasteiger partial charge in [0.25, 0.3) is 5.91 Å². The first-order valence-corrected chi connectivity index (χ1v) is 14.6. The molecule has 228 valence electrons. The average Bonchev–Trinajstić information content (AvgIpc) is 2.99. The van der Waals surface area contributed by atoms with Crippen LogP contribution in [0.15, 0.2) is 42.5 Å². The van der Waals surface area contributed by atoms with Gasteiger partial charge in [-0.3, -0.25) is 4.79 Å². The molecule has 1 aliphatic heterocycles. The summed E-state index contributed by atoms with van der Waals surface area (Å²) in [4.78, 5) is 42.9. The third-order valence-electron chi connectivity index (χ3n) is 8.02. The molecule has 42 heavy (non-hydrogen) atoms. The number of para-hydroxylation sites is 1. The Labute approximate surface area is 247 Å². The summed E-state index contributed by atoms with van der Waals surface area (Å²) in [6.45, 7) is 4.06. The van der Waals surface area contributed by atoms with Gasteiger partial charge < -0.3 is 40.3 Å². The molecule has 0 saturated heterocycles. The molecule has 0 radical (unpaired) electrons. The summed E-state index contributed by atoms with van der Waals surface area (Å²) in [6.07, 6.45) is 4.70. The Bertz CT molecular complexity index is 1230. The minimum Gasteiger partial charge on any atom is -0.497 e. The maximum absolute atomic E-state index is 13.7. The molecule has 2 aromatic rings. The Kier molecular flexibility index (Phi) is 10.5. The first-order valence-electron chi connectivity index (χ1n) is 14.6. The van der Waals surface area contributed by atoms with Crippen molar-refractivity contribution in [3.63, 3.8) is 0 Å². The molecule has 11 heteroatoms. The second kappa shape index (κ2) is 14.3. The number of carbonyl (C=O) groups is 3. The Morgan fingerprint density at radius 3 is 2.50 bits per heavy atom. The number of fused-ring (bicyclic) bond motifs is 1. The number of hydrogen-bond donors (Lipinski definition) is 4. The van der Waals surface area contributed by atoms with Gasteiger partial charge in [-0.2, -0.15) is 0 Å². The van der Waals surface area contributed by atoms with E-state index < -0.39 is 12.1 Å². The molecule has 1 saturated carbocycles. The minimum absolute atomic E-state index is 0.110. The van der Waals surface area contributed by atoms with Gasteiger partial charge >= 0.3 is 12.1 Å². The maximum Gasteiger partial charge on any atom is 0.321 e. The largest absolute Gasteiger partial charge is 0.497 e. The van der Waals surface area contributed by atoms with E-state index in [0.717, 1.165) is 25.7 Å². The number of anilines is 2. The van der Waals surface area contributed by atoms with Gasteiger partial charge in [-0.25, -0.2) is 9.59 Å². The van der Waals surface area contributed by atoms with Gasteiger partial charge in [-0.15, -0.1) is 0 Å². The van der Waals surface area contributed by atoms with E-state index in [1.165, 1.54) is 11.3 Å². The van der Waals surface area contributed by atoms with Crippen LogP contribution in [-0.2, 0) is 0 Å². The fourth-order valence-corrected chi connectivity index (χ4v) is 5.40. The molecule has 0 spiro atoms. The maximum atomic E-state index is 13.7. The summed E-state index contributed by atoms with van der Waals surface area (Å²) in [5.74, 6) is 0.428. The molecule has 1 fully saturated rings. The summed E-state index contributed by atoms with van der Waals surface area (Å²) in [7, 11) is 3.26. The van der Waals surface area contributed by atoms with Gasteiger partial charge in [0.15, 0.2) is 5.75 Å². The van der Waals surface area contributed by atoms with Crippen molar-refractivity contribution in [3.8, 4) is 11.5 Å². The number of ether oxygens (including phenoxy) is 2. The lowest BCUT2D eigenvalue weighted by Gasteiger charge is -2.38. The number of nitrogens with one attached hydrogen (secondary N) is 3. The summed E-state index contributed by atoms with van der Waals surface area (Å²) in [5, 5.41) is 18.7. The molecule has 0 unspecified atom stereocenters. The predicted octanol–water partition coefficient (Wildman–Crippen LogP) is 4.53. The topological polar surface area (TPSA) is 132 Å². The van der Waals surface area contributed by atoms with Crippen molar-refractivity contribution in [2.24, 2.45) is 5.92 Å². The molecule has 2 aromatic carbocycles. The molecule has 3 atom stereocenters. The van der Waals surface area contributed by atoms with Gasteiger partial charge in [0.05, 0.1) is 37.6 Å². The summed E-state index contributed by atoms with van der Waals surface area (Å²) in [5.41, 5.74) is 1.27. The molecule has 1 heterocycles. The van der Waals surface area contributed by atoms with E-state index in [1.54, 1.807) is 68.4 Å². The molecule has 0 aromatic heterocycles. The minimum atomic E-state index is -0.527. The standard InChI is InChI=1S/C31H43N5O6/c1-20-17-36(21(2)19-37)29(38)25-11-8-12-26(34-30(39)32-22-9-6-5-7-10-22)28(25)42-27(20)18-35(3)31(40)33-23-13-15-24(41-4)16-14-23/h8,11-16,20-22,27,37H,5-7,9-10,17-19H2,1-4H3,(H,33,40)(H2,32,34,39)/t20-,21-,27+/m1/s1. The van der Waals surface area contributed by atoms with Gasteiger partial charge in [0.2, 0.25) is 0 Å². The van der Waals surface area contributed by atoms with Gasteiger partial charge in [0.1, 0.15) is 11.9 Å². The molecule has 0 bridgehead atoms. The first kappa shape index (κ1) is 31.0. The van der Waals surface area contributed by atoms with Gasteiger partial charge in [-0.1, -0.05) is 32.3 Å². The zero-order valence-corrected chi connectivity index (χ0v) is 24.9. The van der Waals surface area contributed by atoms with E-state index in [1.807, 2.05) is 6.92 Å². The summed E-state index contributed by atoms with van der Waals surface area (Å²) >= 11 is 0. The zero-order chi connectivity index (χ0) is 30.2. The molecule has 4 rings (SSSR count). The van der Waals surface area contributed by atoms with Gasteiger partial charge in [0, 0.05) is 31.2 Å². The van der Waals surface area contributed by atoms with Crippen LogP contribution >= 0.6 is 0 Å². The van der Waals surface area contributed by atoms with E-state index in [2.05, 4.69) is 16.0 Å². The number of hydrogen-bond acceptors (Lipinski definition) is 6. The number of likely N-dealkylation sites (N-methyl/N-ethyl adjacent to an activating group) is 1. The molecule has 4 N–H and O–H groups in total. The smallest absolute Gasteiger partial charge is 0.321 e. The highest BCUT2D eigenvalue weighted by Gasteiger charge is 2.35. The first-order chi connectivity index (χ1) is 20.2. The molecule has 2 aliphatic rings. The molecular weight excluding hydrogens is 538 g/mol. The van der Waals surface area contributed by atoms with E-state index in [4.69, 9.17) is 9.47 Å². The Morgan fingerprint density at radius 2 is 1.83 bits per heavy atom. The Balaban J connectivity index is 1.57. The van der Waals surface area contributed by atoms with Crippen LogP contribution in [-0.4, -0.2) is 84.9 Å². The van der Waals surface area contributed by atoms with Crippen LogP contribution in [0.25, 0.3) is 0 Å². The average molecular weight is 582 g/mol. The van der Waals surface area contributed by atoms with Crippen LogP contribution < -0.4 is 25.4 Å². The number of rotatable bonds is 8. The number of amides is 5. The number of benzene rings is 2. The van der Waals surface area contributed by atoms with Crippen LogP contribution in [0.5, 0.6) is 11.5 Å². The number of aliphatic hydroxyl groups is 1. The van der Waals surface area contributed by atoms with Crippen molar-refractivity contribution in [1.82, 2.24) is 15.1 Å². The van der Waals surface area contributed by atoms with Crippen LogP contribution in [0.1, 0.15) is 56.3 Å². The lowest BCUT2D eigenvalue weighted by Crippen LogP contribution is -2.50. The normalized spacial score (nSPS) is 19.8. The number of carbonyl (C=O) groups excluding carboxylic acids is 3. The molecule has 11 nitrogen and oxygen atoms in total. The monoisotopic (exact) mass is 581 g/mol. The number of nitrogens with zero attached hydrogens (tertiary/aromatic N) is 2. The number of urea groups is 2. The quantitative estimate of drug-likeness (QED) is 0.362. The Morgan fingerprint density at radius 1 is 1.12 bits per heavy atom. The van der Waals surface area contributed by atoms with Crippen molar-refractivity contribution in [3.05, 3.63) is 48.0 Å². The summed E-state index contributed by atoms with van der Waals surface area (Å²) < 4.78 is 11.7. The van der Waals surface area contributed by atoms with E-state index in [9.17, 15) is 19.5 Å². The summed E-state index contributed by atoms with van der Waals surface area (Å²) in [6, 6.07) is 11.1. The highest BCUT2D eigenvalue weighted by Crippen LogP contribution is 2.35. The lowest BCUT2D eigenvalue weighted by molar-refractivity contribution is 0.0373. The fourth-order valence-electron chi connectivity index (χ4n) is 5.40. The highest BCUT2D eigenvalue weighted by atomic mass is 16.5. The van der Waals surface area contributed by atoms with Crippen molar-refractivity contribution >= 4 is 29.3 Å². The third kappa shape index (κ3) is 7.64. The Hall–Kier alpha value is -3.99. The van der Waals surface area contributed by atoms with Crippen molar-refractivity contribution in [2.75, 3.05) is 44.5 Å². The second-order valence-corrected chi connectivity index (χ2v) is 11.3. The second-order valence-electron chi connectivity index (χ2n) is 11.3. The number of methoxy groups -OCH3 is 1. The molecular formula is C31H43N5O6. The van der Waals surface area contributed by atoms with Gasteiger partial charge in [-0.05, 0) is 56.2 Å². The molecule has 1 aliphatic carbocycles. The van der Waals surface area contributed by atoms with E-state index in [0.29, 0.717) is 23.7 Å². The van der Waals surface area contributed by atoms with Crippen LogP contribution in [0.4, 0.5) is 21.0 Å². The highest BCUT2D eigenvalue weighted by molar-refractivity contribution is 6.01. The van der Waals surface area contributed by atoms with E-state index in [-0.39, 0.29) is 54.4 Å². The third-order valence-corrected chi connectivity index (χ3v) is 8.02. The van der Waals surface area contributed by atoms with Crippen LogP contribution in [0, 0.1) is 5.92 Å². The fraction of sp³-hybridized carbons (Fsp3) is 0.516. The van der Waals surface area contributed by atoms with Crippen LogP contribution in [0.2, 0.25) is 0 Å². The van der Waals surface area contributed by atoms with Crippen molar-refractivity contribution < 1.29 is 29.0 Å². The van der Waals surface area contributed by atoms with Crippen molar-refractivity contribution in [2.45, 2.75) is 64.1 Å². The predicted molar refractivity (Wildman–Crippen MR) is 161 cm³/mol.